The van der Waals surface area contributed by atoms with Gasteiger partial charge in [-0.15, -0.1) is 0 Å². The first-order chi connectivity index (χ1) is 14.5. The number of hydrazone groups is 1. The molecular formula is C24H23N3O2S. The Morgan fingerprint density at radius 2 is 1.73 bits per heavy atom. The second kappa shape index (κ2) is 8.63. The highest BCUT2D eigenvalue weighted by Gasteiger charge is 2.16. The van der Waals surface area contributed by atoms with Crippen molar-refractivity contribution in [3.63, 3.8) is 0 Å². The van der Waals surface area contributed by atoms with E-state index in [4.69, 9.17) is 4.74 Å². The Balaban J connectivity index is 1.38. The van der Waals surface area contributed by atoms with Gasteiger partial charge in [0.25, 0.3) is 5.91 Å². The number of rotatable bonds is 5. The van der Waals surface area contributed by atoms with Gasteiger partial charge in [0.15, 0.2) is 6.61 Å². The molecule has 2 N–H and O–H groups in total. The van der Waals surface area contributed by atoms with E-state index in [1.807, 2.05) is 51.1 Å². The summed E-state index contributed by atoms with van der Waals surface area (Å²) in [5, 5.41) is 7.70. The van der Waals surface area contributed by atoms with Crippen LogP contribution in [-0.4, -0.2) is 18.2 Å². The van der Waals surface area contributed by atoms with Crippen molar-refractivity contribution >= 4 is 34.8 Å². The van der Waals surface area contributed by atoms with Crippen LogP contribution in [0.3, 0.4) is 0 Å². The molecule has 1 aliphatic rings. The first kappa shape index (κ1) is 20.0. The van der Waals surface area contributed by atoms with Crippen molar-refractivity contribution in [3.8, 4) is 5.75 Å². The van der Waals surface area contributed by atoms with E-state index in [0.29, 0.717) is 5.75 Å². The summed E-state index contributed by atoms with van der Waals surface area (Å²) in [7, 11) is 0. The van der Waals surface area contributed by atoms with E-state index in [-0.39, 0.29) is 12.5 Å². The van der Waals surface area contributed by atoms with Gasteiger partial charge >= 0.3 is 0 Å². The minimum Gasteiger partial charge on any atom is -0.484 e. The Bertz CT molecular complexity index is 1120. The largest absolute Gasteiger partial charge is 0.484 e. The van der Waals surface area contributed by atoms with Crippen molar-refractivity contribution in [2.24, 2.45) is 5.10 Å². The second-order valence-electron chi connectivity index (χ2n) is 7.28. The van der Waals surface area contributed by atoms with Crippen molar-refractivity contribution in [1.82, 2.24) is 5.43 Å². The number of hydrogen-bond acceptors (Lipinski definition) is 5. The van der Waals surface area contributed by atoms with Crippen LogP contribution < -0.4 is 15.5 Å². The summed E-state index contributed by atoms with van der Waals surface area (Å²) in [5.74, 6) is 0.385. The normalized spacial score (nSPS) is 12.4. The van der Waals surface area contributed by atoms with Crippen LogP contribution in [0.25, 0.3) is 0 Å². The lowest BCUT2D eigenvalue weighted by atomic mass is 10.1. The van der Waals surface area contributed by atoms with Crippen LogP contribution in [-0.2, 0) is 4.79 Å². The Kier molecular flexibility index (Phi) is 5.77. The molecule has 0 spiro atoms. The lowest BCUT2D eigenvalue weighted by Gasteiger charge is -2.21. The zero-order valence-corrected chi connectivity index (χ0v) is 18.0. The maximum atomic E-state index is 12.1. The molecule has 4 rings (SSSR count). The second-order valence-corrected chi connectivity index (χ2v) is 8.36. The molecule has 3 aromatic carbocycles. The molecule has 0 saturated carbocycles. The summed E-state index contributed by atoms with van der Waals surface area (Å²) in [6.07, 6.45) is 0. The van der Waals surface area contributed by atoms with E-state index in [1.165, 1.54) is 4.90 Å². The van der Waals surface area contributed by atoms with E-state index < -0.39 is 0 Å². The maximum Gasteiger partial charge on any atom is 0.277 e. The highest BCUT2D eigenvalue weighted by Crippen LogP contribution is 2.44. The van der Waals surface area contributed by atoms with Gasteiger partial charge in [-0.2, -0.15) is 5.10 Å². The van der Waals surface area contributed by atoms with Gasteiger partial charge in [-0.25, -0.2) is 5.43 Å². The number of nitrogens with one attached hydrogen (secondary N) is 2. The Labute approximate surface area is 180 Å². The zero-order chi connectivity index (χ0) is 21.1. The maximum absolute atomic E-state index is 12.1. The number of para-hydroxylation sites is 1. The minimum atomic E-state index is -0.297. The summed E-state index contributed by atoms with van der Waals surface area (Å²) >= 11 is 1.74. The molecule has 0 saturated heterocycles. The molecule has 0 unspecified atom stereocenters. The van der Waals surface area contributed by atoms with Gasteiger partial charge in [0.1, 0.15) is 5.75 Å². The highest BCUT2D eigenvalue weighted by atomic mass is 32.2. The molecule has 1 aliphatic heterocycles. The molecule has 0 aromatic heterocycles. The molecule has 6 heteroatoms. The summed E-state index contributed by atoms with van der Waals surface area (Å²) in [6.45, 7) is 5.78. The van der Waals surface area contributed by atoms with Gasteiger partial charge in [-0.3, -0.25) is 4.79 Å². The molecule has 1 amide bonds. The van der Waals surface area contributed by atoms with Crippen molar-refractivity contribution < 1.29 is 9.53 Å². The van der Waals surface area contributed by atoms with Crippen LogP contribution in [0.4, 0.5) is 11.4 Å². The molecule has 0 fully saturated rings. The molecule has 5 nitrogen and oxygen atoms in total. The van der Waals surface area contributed by atoms with Gasteiger partial charge in [-0.05, 0) is 73.9 Å². The van der Waals surface area contributed by atoms with Crippen LogP contribution >= 0.6 is 11.8 Å². The number of anilines is 2. The van der Waals surface area contributed by atoms with Crippen molar-refractivity contribution in [3.05, 3.63) is 77.4 Å². The number of fused-ring (bicyclic) bond motifs is 2. The van der Waals surface area contributed by atoms with Gasteiger partial charge in [0.05, 0.1) is 17.1 Å². The van der Waals surface area contributed by atoms with E-state index in [0.717, 1.165) is 38.7 Å². The van der Waals surface area contributed by atoms with Gasteiger partial charge in [-0.1, -0.05) is 36.0 Å². The van der Waals surface area contributed by atoms with Crippen LogP contribution in [0.1, 0.15) is 23.6 Å². The Morgan fingerprint density at radius 3 is 2.53 bits per heavy atom. The third kappa shape index (κ3) is 4.66. The smallest absolute Gasteiger partial charge is 0.277 e. The van der Waals surface area contributed by atoms with Gasteiger partial charge in [0, 0.05) is 9.79 Å². The fourth-order valence-electron chi connectivity index (χ4n) is 3.27. The van der Waals surface area contributed by atoms with E-state index in [1.54, 1.807) is 11.8 Å². The molecule has 0 atom stereocenters. The average molecular weight is 418 g/mol. The third-order valence-corrected chi connectivity index (χ3v) is 5.84. The molecule has 152 valence electrons. The standard InChI is InChI=1S/C24H23N3O2S/c1-15-10-16(2)12-19(11-15)29-14-24(28)27-26-17(3)18-8-9-23-21(13-18)25-20-6-4-5-7-22(20)30-23/h4-13,25H,14H2,1-3H3,(H,27,28)/b26-17+. The topological polar surface area (TPSA) is 62.7 Å². The number of carbonyl (C=O) groups excluding carboxylic acids is 1. The van der Waals surface area contributed by atoms with E-state index in [9.17, 15) is 4.79 Å². The van der Waals surface area contributed by atoms with Gasteiger partial charge < -0.3 is 10.1 Å². The monoisotopic (exact) mass is 417 g/mol. The summed E-state index contributed by atoms with van der Waals surface area (Å²) in [6, 6.07) is 20.2. The van der Waals surface area contributed by atoms with E-state index in [2.05, 4.69) is 46.2 Å². The Morgan fingerprint density at radius 1 is 1.00 bits per heavy atom. The lowest BCUT2D eigenvalue weighted by molar-refractivity contribution is -0.123. The fourth-order valence-corrected chi connectivity index (χ4v) is 4.24. The van der Waals surface area contributed by atoms with Crippen LogP contribution in [0.5, 0.6) is 5.75 Å². The van der Waals surface area contributed by atoms with Crippen molar-refractivity contribution in [2.45, 2.75) is 30.6 Å². The molecule has 0 aliphatic carbocycles. The lowest BCUT2D eigenvalue weighted by Crippen LogP contribution is -2.25. The number of aryl methyl sites for hydroxylation is 2. The summed E-state index contributed by atoms with van der Waals surface area (Å²) < 4.78 is 5.58. The van der Waals surface area contributed by atoms with Crippen LogP contribution in [0.2, 0.25) is 0 Å². The minimum absolute atomic E-state index is 0.0845. The number of nitrogens with zero attached hydrogens (tertiary/aromatic N) is 1. The van der Waals surface area contributed by atoms with Crippen LogP contribution in [0.15, 0.2) is 75.6 Å². The fraction of sp³-hybridized carbons (Fsp3) is 0.167. The van der Waals surface area contributed by atoms with Crippen molar-refractivity contribution in [1.29, 1.82) is 0 Å². The average Bonchev–Trinajstić information content (AvgIpc) is 2.73. The number of ether oxygens (including phenoxy) is 1. The predicted octanol–water partition coefficient (Wildman–Crippen LogP) is 5.43. The SMILES string of the molecule is C/C(=N\NC(=O)COc1cc(C)cc(C)c1)c1ccc2c(c1)Nc1ccccc1S2. The molecule has 0 bridgehead atoms. The highest BCUT2D eigenvalue weighted by molar-refractivity contribution is 7.99. The molecule has 0 radical (unpaired) electrons. The number of amides is 1. The molecular weight excluding hydrogens is 394 g/mol. The molecule has 3 aromatic rings. The first-order valence-electron chi connectivity index (χ1n) is 9.70. The number of carbonyl (C=O) groups is 1. The first-order valence-corrected chi connectivity index (χ1v) is 10.5. The van der Waals surface area contributed by atoms with Crippen LogP contribution in [0, 0.1) is 13.8 Å². The van der Waals surface area contributed by atoms with E-state index >= 15 is 0 Å². The third-order valence-electron chi connectivity index (χ3n) is 4.69. The predicted molar refractivity (Wildman–Crippen MR) is 122 cm³/mol. The number of benzene rings is 3. The molecule has 30 heavy (non-hydrogen) atoms. The quantitative estimate of drug-likeness (QED) is 0.336. The molecule has 1 heterocycles. The summed E-state index contributed by atoms with van der Waals surface area (Å²) in [4.78, 5) is 14.5. The van der Waals surface area contributed by atoms with Crippen molar-refractivity contribution in [2.75, 3.05) is 11.9 Å². The Hall–Kier alpha value is -3.25. The summed E-state index contributed by atoms with van der Waals surface area (Å²) in [5.41, 5.74) is 8.57. The van der Waals surface area contributed by atoms with Gasteiger partial charge in [0.2, 0.25) is 0 Å². The number of hydrogen-bond donors (Lipinski definition) is 2. The zero-order valence-electron chi connectivity index (χ0n) is 17.2.